The van der Waals surface area contributed by atoms with Gasteiger partial charge in [-0.3, -0.25) is 9.69 Å². The van der Waals surface area contributed by atoms with Crippen molar-refractivity contribution < 1.29 is 19.4 Å². The fraction of sp³-hybridized carbons (Fsp3) is 0.933. The predicted octanol–water partition coefficient (Wildman–Crippen LogP) is 1.20. The van der Waals surface area contributed by atoms with E-state index in [1.165, 1.54) is 0 Å². The Balaban J connectivity index is 4.16. The third-order valence-electron chi connectivity index (χ3n) is 3.18. The second-order valence-corrected chi connectivity index (χ2v) is 4.87. The molecule has 6 heteroatoms. The highest BCUT2D eigenvalue weighted by Gasteiger charge is 2.17. The van der Waals surface area contributed by atoms with Crippen LogP contribution in [0.3, 0.4) is 0 Å². The van der Waals surface area contributed by atoms with Crippen LogP contribution in [-0.4, -0.2) is 74.6 Å². The Kier molecular flexibility index (Phi) is 13.8. The van der Waals surface area contributed by atoms with E-state index >= 15 is 0 Å². The highest BCUT2D eigenvalue weighted by molar-refractivity contribution is 5.73. The van der Waals surface area contributed by atoms with Gasteiger partial charge in [0.2, 0.25) is 0 Å². The molecule has 0 spiro atoms. The van der Waals surface area contributed by atoms with Crippen molar-refractivity contribution in [2.24, 2.45) is 0 Å². The molecule has 1 atom stereocenters. The number of carboxylic acids is 1. The summed E-state index contributed by atoms with van der Waals surface area (Å²) in [5.41, 5.74) is 0. The molecule has 0 amide bonds. The maximum Gasteiger partial charge on any atom is 0.320 e. The predicted molar refractivity (Wildman–Crippen MR) is 83.8 cm³/mol. The van der Waals surface area contributed by atoms with Gasteiger partial charge in [0.1, 0.15) is 6.04 Å². The van der Waals surface area contributed by atoms with Crippen LogP contribution in [0.5, 0.6) is 0 Å². The van der Waals surface area contributed by atoms with Gasteiger partial charge in [-0.25, -0.2) is 0 Å². The number of hydrogen-bond acceptors (Lipinski definition) is 5. The third kappa shape index (κ3) is 11.6. The summed E-state index contributed by atoms with van der Waals surface area (Å²) in [6, 6.07) is -0.480. The van der Waals surface area contributed by atoms with E-state index < -0.39 is 12.0 Å². The van der Waals surface area contributed by atoms with Crippen LogP contribution in [0.25, 0.3) is 0 Å². The van der Waals surface area contributed by atoms with Crippen molar-refractivity contribution in [1.29, 1.82) is 0 Å². The highest BCUT2D eigenvalue weighted by atomic mass is 16.5. The normalized spacial score (nSPS) is 12.8. The first-order valence-electron chi connectivity index (χ1n) is 7.99. The Bertz CT molecular complexity index is 242. The first-order chi connectivity index (χ1) is 10.2. The Hall–Kier alpha value is -0.690. The summed E-state index contributed by atoms with van der Waals surface area (Å²) in [6.45, 7) is 11.8. The summed E-state index contributed by atoms with van der Waals surface area (Å²) in [5, 5.41) is 12.3. The van der Waals surface area contributed by atoms with E-state index in [0.717, 1.165) is 32.6 Å². The van der Waals surface area contributed by atoms with E-state index in [1.54, 1.807) is 0 Å². The maximum atomic E-state index is 11.2. The van der Waals surface area contributed by atoms with E-state index in [-0.39, 0.29) is 0 Å². The number of nitrogens with one attached hydrogen (secondary N) is 1. The molecule has 1 unspecified atom stereocenters. The summed E-state index contributed by atoms with van der Waals surface area (Å²) in [6.07, 6.45) is 1.52. The van der Waals surface area contributed by atoms with Crippen molar-refractivity contribution in [3.63, 3.8) is 0 Å². The molecule has 0 saturated heterocycles. The molecule has 0 rings (SSSR count). The van der Waals surface area contributed by atoms with Crippen molar-refractivity contribution in [3.8, 4) is 0 Å². The minimum Gasteiger partial charge on any atom is -0.480 e. The Morgan fingerprint density at radius 2 is 1.67 bits per heavy atom. The molecule has 21 heavy (non-hydrogen) atoms. The molecule has 0 aliphatic carbocycles. The molecular weight excluding hydrogens is 272 g/mol. The molecule has 0 aromatic rings. The van der Waals surface area contributed by atoms with Gasteiger partial charge < -0.3 is 19.9 Å². The first kappa shape index (κ1) is 20.3. The van der Waals surface area contributed by atoms with Gasteiger partial charge in [-0.15, -0.1) is 0 Å². The molecule has 2 N–H and O–H groups in total. The van der Waals surface area contributed by atoms with Gasteiger partial charge in [-0.1, -0.05) is 6.92 Å². The molecule has 0 aliphatic rings. The number of carbonyl (C=O) groups is 1. The lowest BCUT2D eigenvalue weighted by molar-refractivity contribution is -0.139. The average molecular weight is 304 g/mol. The number of aliphatic carboxylic acids is 1. The minimum absolute atomic E-state index is 0.480. The van der Waals surface area contributed by atoms with Crippen LogP contribution in [0.15, 0.2) is 0 Å². The van der Waals surface area contributed by atoms with Gasteiger partial charge in [0.15, 0.2) is 0 Å². The zero-order valence-electron chi connectivity index (χ0n) is 13.8. The number of nitrogens with zero attached hydrogens (tertiary/aromatic N) is 1. The maximum absolute atomic E-state index is 11.2. The van der Waals surface area contributed by atoms with Crippen molar-refractivity contribution in [1.82, 2.24) is 10.2 Å². The van der Waals surface area contributed by atoms with Gasteiger partial charge in [0.05, 0.1) is 13.2 Å². The number of rotatable bonds is 15. The van der Waals surface area contributed by atoms with Crippen LogP contribution < -0.4 is 5.32 Å². The Labute approximate surface area is 128 Å². The van der Waals surface area contributed by atoms with Gasteiger partial charge in [0.25, 0.3) is 0 Å². The van der Waals surface area contributed by atoms with Gasteiger partial charge in [-0.05, 0) is 33.2 Å². The smallest absolute Gasteiger partial charge is 0.320 e. The Morgan fingerprint density at radius 3 is 2.10 bits per heavy atom. The fourth-order valence-electron chi connectivity index (χ4n) is 1.95. The highest BCUT2D eigenvalue weighted by Crippen LogP contribution is 1.99. The molecule has 0 saturated carbocycles. The van der Waals surface area contributed by atoms with Crippen molar-refractivity contribution in [2.75, 3.05) is 52.6 Å². The van der Waals surface area contributed by atoms with Crippen LogP contribution >= 0.6 is 0 Å². The summed E-state index contributed by atoms with van der Waals surface area (Å²) in [5.74, 6) is -0.780. The largest absolute Gasteiger partial charge is 0.480 e. The molecule has 0 bridgehead atoms. The minimum atomic E-state index is -0.780. The molecule has 0 aromatic heterocycles. The number of ether oxygens (including phenoxy) is 2. The summed E-state index contributed by atoms with van der Waals surface area (Å²) in [7, 11) is 0. The fourth-order valence-corrected chi connectivity index (χ4v) is 1.95. The molecule has 0 heterocycles. The van der Waals surface area contributed by atoms with E-state index in [0.29, 0.717) is 32.8 Å². The second-order valence-electron chi connectivity index (χ2n) is 4.87. The van der Waals surface area contributed by atoms with E-state index in [4.69, 9.17) is 9.47 Å². The van der Waals surface area contributed by atoms with Gasteiger partial charge in [-0.2, -0.15) is 0 Å². The molecule has 6 nitrogen and oxygen atoms in total. The molecule has 0 radical (unpaired) electrons. The Morgan fingerprint density at radius 1 is 1.10 bits per heavy atom. The molecule has 0 fully saturated rings. The van der Waals surface area contributed by atoms with E-state index in [1.807, 2.05) is 20.8 Å². The van der Waals surface area contributed by atoms with Gasteiger partial charge >= 0.3 is 5.97 Å². The standard InChI is InChI=1S/C15H32N2O4/c1-4-8-16-14(15(18)19)7-9-17(10-12-20-5-2)11-13-21-6-3/h14,16H,4-13H2,1-3H3,(H,18,19). The van der Waals surface area contributed by atoms with Crippen LogP contribution in [-0.2, 0) is 14.3 Å². The average Bonchev–Trinajstić information content (AvgIpc) is 2.46. The molecule has 126 valence electrons. The van der Waals surface area contributed by atoms with Gasteiger partial charge in [0, 0.05) is 32.8 Å². The second kappa shape index (κ2) is 14.3. The zero-order chi connectivity index (χ0) is 15.9. The first-order valence-corrected chi connectivity index (χ1v) is 7.99. The van der Waals surface area contributed by atoms with Crippen LogP contribution in [0, 0.1) is 0 Å². The van der Waals surface area contributed by atoms with Crippen LogP contribution in [0.1, 0.15) is 33.6 Å². The molecule has 0 aliphatic heterocycles. The summed E-state index contributed by atoms with van der Waals surface area (Å²) < 4.78 is 10.8. The lowest BCUT2D eigenvalue weighted by atomic mass is 10.2. The summed E-state index contributed by atoms with van der Waals surface area (Å²) >= 11 is 0. The van der Waals surface area contributed by atoms with Crippen molar-refractivity contribution >= 4 is 5.97 Å². The van der Waals surface area contributed by atoms with E-state index in [2.05, 4.69) is 10.2 Å². The molecular formula is C15H32N2O4. The van der Waals surface area contributed by atoms with Crippen molar-refractivity contribution in [2.45, 2.75) is 39.7 Å². The van der Waals surface area contributed by atoms with Crippen molar-refractivity contribution in [3.05, 3.63) is 0 Å². The van der Waals surface area contributed by atoms with Crippen LogP contribution in [0.2, 0.25) is 0 Å². The SMILES string of the molecule is CCCNC(CCN(CCOCC)CCOCC)C(=O)O. The summed E-state index contributed by atoms with van der Waals surface area (Å²) in [4.78, 5) is 13.4. The topological polar surface area (TPSA) is 71.0 Å². The zero-order valence-corrected chi connectivity index (χ0v) is 13.8. The monoisotopic (exact) mass is 304 g/mol. The van der Waals surface area contributed by atoms with Crippen LogP contribution in [0.4, 0.5) is 0 Å². The van der Waals surface area contributed by atoms with E-state index in [9.17, 15) is 9.90 Å². The lowest BCUT2D eigenvalue weighted by Gasteiger charge is -2.24. The number of carboxylic acid groups (broad SMARTS) is 1. The lowest BCUT2D eigenvalue weighted by Crippen LogP contribution is -2.41. The molecule has 0 aromatic carbocycles. The quantitative estimate of drug-likeness (QED) is 0.443. The third-order valence-corrected chi connectivity index (χ3v) is 3.18. The number of hydrogen-bond donors (Lipinski definition) is 2.